The number of hydrogen-bond donors (Lipinski definition) is 2. The first-order valence-electron chi connectivity index (χ1n) is 5.42. The highest BCUT2D eigenvalue weighted by atomic mass is 16.5. The zero-order valence-corrected chi connectivity index (χ0v) is 9.26. The fourth-order valence-corrected chi connectivity index (χ4v) is 0.782. The van der Waals surface area contributed by atoms with Gasteiger partial charge in [0.1, 0.15) is 11.5 Å². The van der Waals surface area contributed by atoms with Crippen LogP contribution < -0.4 is 0 Å². The first-order chi connectivity index (χ1) is 7.79. The van der Waals surface area contributed by atoms with E-state index in [1.165, 1.54) is 31.0 Å². The Balaban J connectivity index is 0.000000133. The molecule has 0 spiro atoms. The van der Waals surface area contributed by atoms with Crippen molar-refractivity contribution in [1.82, 2.24) is 0 Å². The van der Waals surface area contributed by atoms with Crippen LogP contribution in [0.4, 0.5) is 0 Å². The van der Waals surface area contributed by atoms with E-state index >= 15 is 0 Å². The van der Waals surface area contributed by atoms with Gasteiger partial charge in [0, 0.05) is 32.5 Å². The average Bonchev–Trinajstić information content (AvgIpc) is 1.95. The number of phenolic OH excluding ortho intramolecular Hbond substituents is 2. The summed E-state index contributed by atoms with van der Waals surface area (Å²) in [6, 6.07) is 5.85. The van der Waals surface area contributed by atoms with Gasteiger partial charge in [0.15, 0.2) is 0 Å². The summed E-state index contributed by atoms with van der Waals surface area (Å²) < 4.78 is 9.44. The van der Waals surface area contributed by atoms with Gasteiger partial charge < -0.3 is 19.7 Å². The van der Waals surface area contributed by atoms with Crippen molar-refractivity contribution >= 4 is 0 Å². The van der Waals surface area contributed by atoms with Crippen LogP contribution in [0.5, 0.6) is 11.5 Å². The number of benzene rings is 1. The Morgan fingerprint density at radius 1 is 0.812 bits per heavy atom. The standard InChI is InChI=1S/C6H6O2.2C3H6O/c7-5-2-1-3-6(8)4-5;2*1-2-4-3-1/h1-4,7-8H;2*1-3H2. The molecule has 2 saturated heterocycles. The summed E-state index contributed by atoms with van der Waals surface area (Å²) in [7, 11) is 0. The molecule has 1 aromatic rings. The van der Waals surface area contributed by atoms with Crippen molar-refractivity contribution in [3.05, 3.63) is 24.3 Å². The highest BCUT2D eigenvalue weighted by molar-refractivity contribution is 5.30. The van der Waals surface area contributed by atoms with E-state index in [0.717, 1.165) is 26.4 Å². The van der Waals surface area contributed by atoms with Gasteiger partial charge in [-0.2, -0.15) is 0 Å². The van der Waals surface area contributed by atoms with Crippen molar-refractivity contribution in [2.24, 2.45) is 0 Å². The third-order valence-corrected chi connectivity index (χ3v) is 1.98. The second-order valence-corrected chi connectivity index (χ2v) is 3.45. The Morgan fingerprint density at radius 3 is 1.25 bits per heavy atom. The number of phenols is 2. The van der Waals surface area contributed by atoms with Crippen LogP contribution in [-0.4, -0.2) is 36.6 Å². The van der Waals surface area contributed by atoms with Gasteiger partial charge in [-0.1, -0.05) is 6.07 Å². The zero-order valence-electron chi connectivity index (χ0n) is 9.26. The lowest BCUT2D eigenvalue weighted by Crippen LogP contribution is -2.09. The Labute approximate surface area is 95.4 Å². The number of rotatable bonds is 0. The number of aromatic hydroxyl groups is 2. The quantitative estimate of drug-likeness (QED) is 0.709. The summed E-state index contributed by atoms with van der Waals surface area (Å²) in [4.78, 5) is 0. The Hall–Kier alpha value is -1.26. The summed E-state index contributed by atoms with van der Waals surface area (Å²) in [6.45, 7) is 4.00. The van der Waals surface area contributed by atoms with Crippen molar-refractivity contribution in [3.8, 4) is 11.5 Å². The molecule has 90 valence electrons. The molecule has 4 heteroatoms. The minimum absolute atomic E-state index is 0.0880. The minimum atomic E-state index is 0.0880. The van der Waals surface area contributed by atoms with Crippen molar-refractivity contribution in [3.63, 3.8) is 0 Å². The second kappa shape index (κ2) is 7.96. The molecule has 2 fully saturated rings. The van der Waals surface area contributed by atoms with Crippen LogP contribution in [0, 0.1) is 0 Å². The van der Waals surface area contributed by atoms with Crippen LogP contribution in [0.1, 0.15) is 12.8 Å². The van der Waals surface area contributed by atoms with E-state index in [4.69, 9.17) is 19.7 Å². The van der Waals surface area contributed by atoms with Gasteiger partial charge in [-0.15, -0.1) is 0 Å². The summed E-state index contributed by atoms with van der Waals surface area (Å²) in [5.74, 6) is 0.176. The molecule has 0 amide bonds. The maximum Gasteiger partial charge on any atom is 0.119 e. The molecule has 1 aromatic carbocycles. The molecular weight excluding hydrogens is 208 g/mol. The van der Waals surface area contributed by atoms with Crippen LogP contribution in [0.3, 0.4) is 0 Å². The molecule has 0 bridgehead atoms. The molecule has 0 radical (unpaired) electrons. The maximum absolute atomic E-state index is 8.65. The van der Waals surface area contributed by atoms with Gasteiger partial charge in [0.05, 0.1) is 0 Å². The maximum atomic E-state index is 8.65. The second-order valence-electron chi connectivity index (χ2n) is 3.45. The van der Waals surface area contributed by atoms with E-state index < -0.39 is 0 Å². The van der Waals surface area contributed by atoms with Crippen molar-refractivity contribution < 1.29 is 19.7 Å². The third kappa shape index (κ3) is 6.27. The number of ether oxygens (including phenoxy) is 2. The van der Waals surface area contributed by atoms with Crippen LogP contribution >= 0.6 is 0 Å². The molecule has 0 atom stereocenters. The van der Waals surface area contributed by atoms with Crippen LogP contribution in [0.25, 0.3) is 0 Å². The molecule has 2 heterocycles. The van der Waals surface area contributed by atoms with Gasteiger partial charge >= 0.3 is 0 Å². The molecular formula is C12H18O4. The molecule has 2 N–H and O–H groups in total. The zero-order chi connectivity index (χ0) is 11.6. The lowest BCUT2D eigenvalue weighted by atomic mass is 10.3. The molecule has 16 heavy (non-hydrogen) atoms. The summed E-state index contributed by atoms with van der Waals surface area (Å²) in [6.07, 6.45) is 2.56. The smallest absolute Gasteiger partial charge is 0.119 e. The van der Waals surface area contributed by atoms with Gasteiger partial charge in [0.2, 0.25) is 0 Å². The van der Waals surface area contributed by atoms with Gasteiger partial charge in [0.25, 0.3) is 0 Å². The molecule has 0 unspecified atom stereocenters. The lowest BCUT2D eigenvalue weighted by Gasteiger charge is -2.09. The van der Waals surface area contributed by atoms with Gasteiger partial charge in [-0.3, -0.25) is 0 Å². The average molecular weight is 226 g/mol. The largest absolute Gasteiger partial charge is 0.508 e. The highest BCUT2D eigenvalue weighted by Gasteiger charge is 1.94. The molecule has 0 aromatic heterocycles. The topological polar surface area (TPSA) is 58.9 Å². The van der Waals surface area contributed by atoms with E-state index in [2.05, 4.69) is 0 Å². The first kappa shape index (κ1) is 12.8. The molecule has 4 nitrogen and oxygen atoms in total. The van der Waals surface area contributed by atoms with Crippen molar-refractivity contribution in [2.45, 2.75) is 12.8 Å². The number of hydrogen-bond acceptors (Lipinski definition) is 4. The summed E-state index contributed by atoms with van der Waals surface area (Å²) in [5.41, 5.74) is 0. The van der Waals surface area contributed by atoms with Gasteiger partial charge in [-0.05, 0) is 25.0 Å². The Bertz CT molecular complexity index is 247. The molecule has 3 rings (SSSR count). The lowest BCUT2D eigenvalue weighted by molar-refractivity contribution is 0.0366. The fourth-order valence-electron chi connectivity index (χ4n) is 0.782. The van der Waals surface area contributed by atoms with Crippen LogP contribution in [0.15, 0.2) is 24.3 Å². The minimum Gasteiger partial charge on any atom is -0.508 e. The van der Waals surface area contributed by atoms with Crippen LogP contribution in [0.2, 0.25) is 0 Å². The van der Waals surface area contributed by atoms with E-state index in [1.54, 1.807) is 6.07 Å². The predicted octanol–water partition coefficient (Wildman–Crippen LogP) is 1.91. The normalized spacial score (nSPS) is 16.5. The summed E-state index contributed by atoms with van der Waals surface area (Å²) in [5, 5.41) is 17.3. The molecule has 2 aliphatic rings. The highest BCUT2D eigenvalue weighted by Crippen LogP contribution is 2.14. The Kier molecular flexibility index (Phi) is 6.37. The summed E-state index contributed by atoms with van der Waals surface area (Å²) >= 11 is 0. The molecule has 0 aliphatic carbocycles. The third-order valence-electron chi connectivity index (χ3n) is 1.98. The van der Waals surface area contributed by atoms with Gasteiger partial charge in [-0.25, -0.2) is 0 Å². The fraction of sp³-hybridized carbons (Fsp3) is 0.500. The van der Waals surface area contributed by atoms with E-state index in [9.17, 15) is 0 Å². The SMILES string of the molecule is C1COC1.C1COC1.Oc1cccc(O)c1. The predicted molar refractivity (Wildman–Crippen MR) is 60.6 cm³/mol. The van der Waals surface area contributed by atoms with Crippen molar-refractivity contribution in [2.75, 3.05) is 26.4 Å². The monoisotopic (exact) mass is 226 g/mol. The van der Waals surface area contributed by atoms with E-state index in [0.29, 0.717) is 0 Å². The first-order valence-corrected chi connectivity index (χ1v) is 5.42. The van der Waals surface area contributed by atoms with E-state index in [1.807, 2.05) is 0 Å². The Morgan fingerprint density at radius 2 is 1.12 bits per heavy atom. The molecule has 0 saturated carbocycles. The van der Waals surface area contributed by atoms with E-state index in [-0.39, 0.29) is 11.5 Å². The van der Waals surface area contributed by atoms with Crippen LogP contribution in [-0.2, 0) is 9.47 Å². The van der Waals surface area contributed by atoms with Crippen molar-refractivity contribution in [1.29, 1.82) is 0 Å². The molecule has 2 aliphatic heterocycles.